The van der Waals surface area contributed by atoms with Crippen molar-refractivity contribution in [2.45, 2.75) is 104 Å². The number of hydrogen-bond acceptors (Lipinski definition) is 8. The zero-order valence-electron chi connectivity index (χ0n) is 43.6. The Hall–Kier alpha value is -8.10. The Balaban J connectivity index is 1.03. The number of hydrogen-bond donors (Lipinski definition) is 0. The first kappa shape index (κ1) is 52.2. The summed E-state index contributed by atoms with van der Waals surface area (Å²) in [5, 5.41) is 0. The predicted molar refractivity (Wildman–Crippen MR) is 302 cm³/mol. The minimum atomic E-state index is -0.660. The smallest absolute Gasteiger partial charge is 0.429 e. The number of unbranched alkanes of at least 4 members (excludes halogenated alkanes) is 2. The van der Waals surface area contributed by atoms with Crippen molar-refractivity contribution in [3.8, 4) is 33.4 Å². The summed E-state index contributed by atoms with van der Waals surface area (Å²) in [4.78, 5) is 29.7. The molecule has 74 heavy (non-hydrogen) atoms. The second-order valence-electron chi connectivity index (χ2n) is 19.9. The van der Waals surface area contributed by atoms with Crippen LogP contribution in [0.3, 0.4) is 0 Å². The molecule has 0 bridgehead atoms. The molecule has 0 atom stereocenters. The highest BCUT2D eigenvalue weighted by atomic mass is 16.7. The van der Waals surface area contributed by atoms with Crippen molar-refractivity contribution in [3.63, 3.8) is 0 Å². The first-order valence-electron chi connectivity index (χ1n) is 25.9. The van der Waals surface area contributed by atoms with Gasteiger partial charge in [0.25, 0.3) is 0 Å². The van der Waals surface area contributed by atoms with Crippen LogP contribution in [0.2, 0.25) is 0 Å². The summed E-state index contributed by atoms with van der Waals surface area (Å²) >= 11 is 0. The lowest BCUT2D eigenvalue weighted by Crippen LogP contribution is -2.28. The molecule has 0 aliphatic heterocycles. The van der Waals surface area contributed by atoms with Crippen LogP contribution in [0.15, 0.2) is 206 Å². The summed E-state index contributed by atoms with van der Waals surface area (Å²) in [6, 6.07) is 71.4. The van der Waals surface area contributed by atoms with Gasteiger partial charge in [-0.05, 0) is 171 Å². The number of carbonyl (C=O) groups is 2. The van der Waals surface area contributed by atoms with E-state index >= 15 is 0 Å². The normalized spacial score (nSPS) is 11.4. The van der Waals surface area contributed by atoms with E-state index in [0.717, 1.165) is 117 Å². The van der Waals surface area contributed by atoms with E-state index in [0.29, 0.717) is 0 Å². The number of anilines is 6. The third-order valence-corrected chi connectivity index (χ3v) is 13.1. The minimum Gasteiger partial charge on any atom is -0.429 e. The fraction of sp³-hybridized carbons (Fsp3) is 0.242. The number of ether oxygens (including phenoxy) is 4. The van der Waals surface area contributed by atoms with Crippen molar-refractivity contribution in [1.29, 1.82) is 0 Å². The van der Waals surface area contributed by atoms with E-state index in [-0.39, 0.29) is 13.2 Å². The van der Waals surface area contributed by atoms with Gasteiger partial charge in [0, 0.05) is 34.1 Å². The molecular formula is C66H68N2O6. The van der Waals surface area contributed by atoms with Gasteiger partial charge in [-0.2, -0.15) is 0 Å². The summed E-state index contributed by atoms with van der Waals surface area (Å²) < 4.78 is 22.4. The second kappa shape index (κ2) is 24.5. The van der Waals surface area contributed by atoms with Crippen molar-refractivity contribution in [3.05, 3.63) is 217 Å². The molecule has 0 N–H and O–H groups in total. The van der Waals surface area contributed by atoms with Crippen molar-refractivity contribution in [1.82, 2.24) is 0 Å². The van der Waals surface area contributed by atoms with Gasteiger partial charge in [-0.1, -0.05) is 160 Å². The lowest BCUT2D eigenvalue weighted by molar-refractivity contribution is -0.0255. The van der Waals surface area contributed by atoms with Gasteiger partial charge in [-0.15, -0.1) is 0 Å². The van der Waals surface area contributed by atoms with Gasteiger partial charge in [0.05, 0.1) is 0 Å². The van der Waals surface area contributed by atoms with Gasteiger partial charge in [0.15, 0.2) is 0 Å². The maximum absolute atomic E-state index is 12.6. The second-order valence-corrected chi connectivity index (χ2v) is 19.9. The van der Waals surface area contributed by atoms with Crippen LogP contribution in [0.5, 0.6) is 0 Å². The molecule has 8 heteroatoms. The fourth-order valence-corrected chi connectivity index (χ4v) is 8.95. The summed E-state index contributed by atoms with van der Waals surface area (Å²) in [7, 11) is 0. The van der Waals surface area contributed by atoms with E-state index in [2.05, 4.69) is 194 Å². The van der Waals surface area contributed by atoms with Crippen LogP contribution < -0.4 is 9.80 Å². The number of nitrogens with zero attached hydrogens (tertiary/aromatic N) is 2. The van der Waals surface area contributed by atoms with E-state index in [1.54, 1.807) is 0 Å². The molecule has 378 valence electrons. The summed E-state index contributed by atoms with van der Waals surface area (Å²) in [5.41, 5.74) is 13.2. The SMILES string of the molecule is CCCCC(C)(C)OC(=O)OCc1ccc(N(c2ccc(-c3ccccc3)cc2)c2ccc(-c3ccc(N(c4ccc(COC(=O)OC(C)(C)CCCC)cc4)c4ccc(-c5ccccc5)cc4)cc3)cc2)cc1. The Morgan fingerprint density at radius 3 is 0.851 bits per heavy atom. The van der Waals surface area contributed by atoms with Crippen molar-refractivity contribution >= 4 is 46.4 Å². The Bertz CT molecular complexity index is 2800. The molecule has 0 saturated carbocycles. The van der Waals surface area contributed by atoms with E-state index in [9.17, 15) is 9.59 Å². The van der Waals surface area contributed by atoms with Crippen LogP contribution >= 0.6 is 0 Å². The predicted octanol–water partition coefficient (Wildman–Crippen LogP) is 18.9. The molecule has 0 radical (unpaired) electrons. The zero-order chi connectivity index (χ0) is 51.9. The molecular weight excluding hydrogens is 917 g/mol. The molecule has 0 aliphatic carbocycles. The van der Waals surface area contributed by atoms with Crippen LogP contribution in [0.4, 0.5) is 43.7 Å². The molecule has 0 unspecified atom stereocenters. The molecule has 0 amide bonds. The quantitative estimate of drug-likeness (QED) is 0.0659. The van der Waals surface area contributed by atoms with Crippen LogP contribution in [-0.2, 0) is 32.2 Å². The number of carbonyl (C=O) groups excluding carboxylic acids is 2. The van der Waals surface area contributed by atoms with E-state index in [1.807, 2.05) is 64.1 Å². The van der Waals surface area contributed by atoms with Gasteiger partial charge in [-0.3, -0.25) is 0 Å². The van der Waals surface area contributed by atoms with Gasteiger partial charge in [0.1, 0.15) is 24.4 Å². The third kappa shape index (κ3) is 14.1. The molecule has 0 aliphatic rings. The average Bonchev–Trinajstić information content (AvgIpc) is 3.42. The van der Waals surface area contributed by atoms with Crippen molar-refractivity contribution in [2.75, 3.05) is 9.80 Å². The molecule has 0 saturated heterocycles. The maximum atomic E-state index is 12.6. The highest BCUT2D eigenvalue weighted by Crippen LogP contribution is 2.40. The van der Waals surface area contributed by atoms with Gasteiger partial charge < -0.3 is 28.7 Å². The summed E-state index contributed by atoms with van der Waals surface area (Å²) in [6.45, 7) is 12.1. The van der Waals surface area contributed by atoms with Crippen LogP contribution in [-0.4, -0.2) is 23.5 Å². The van der Waals surface area contributed by atoms with Crippen LogP contribution in [0, 0.1) is 0 Å². The first-order valence-corrected chi connectivity index (χ1v) is 25.9. The number of benzene rings is 8. The molecule has 8 nitrogen and oxygen atoms in total. The molecule has 0 aromatic heterocycles. The standard InChI is InChI=1S/C66H68N2O6/c1-7-9-45-65(3,4)73-63(69)71-47-49-21-33-57(34-22-49)67(59-37-25-53(26-38-59)51-17-13-11-14-18-51)61-41-29-55(30-42-61)56-31-43-62(44-32-56)68(60-39-27-54(28-40-60)52-19-15-12-16-20-52)58-35-23-50(24-36-58)48-72-64(70)74-66(5,6)46-10-8-2/h11-44H,7-10,45-48H2,1-6H3. The van der Waals surface area contributed by atoms with Gasteiger partial charge >= 0.3 is 12.3 Å². The Labute approximate surface area is 438 Å². The zero-order valence-corrected chi connectivity index (χ0v) is 43.6. The monoisotopic (exact) mass is 985 g/mol. The van der Waals surface area contributed by atoms with Gasteiger partial charge in [-0.25, -0.2) is 9.59 Å². The van der Waals surface area contributed by atoms with Crippen molar-refractivity contribution < 1.29 is 28.5 Å². The Kier molecular flexibility index (Phi) is 17.3. The lowest BCUT2D eigenvalue weighted by atomic mass is 10.0. The van der Waals surface area contributed by atoms with E-state index in [1.165, 1.54) is 0 Å². The van der Waals surface area contributed by atoms with Crippen LogP contribution in [0.25, 0.3) is 33.4 Å². The molecule has 8 rings (SSSR count). The molecule has 0 heterocycles. The third-order valence-electron chi connectivity index (χ3n) is 13.1. The maximum Gasteiger partial charge on any atom is 0.509 e. The minimum absolute atomic E-state index is 0.111. The lowest BCUT2D eigenvalue weighted by Gasteiger charge is -2.27. The fourth-order valence-electron chi connectivity index (χ4n) is 8.95. The largest absolute Gasteiger partial charge is 0.509 e. The molecule has 8 aromatic carbocycles. The molecule has 8 aromatic rings. The first-order chi connectivity index (χ1) is 35.9. The summed E-state index contributed by atoms with van der Waals surface area (Å²) in [5.74, 6) is 0. The molecule has 0 fully saturated rings. The van der Waals surface area contributed by atoms with Gasteiger partial charge in [0.2, 0.25) is 0 Å². The number of rotatable bonds is 21. The topological polar surface area (TPSA) is 77.5 Å². The average molecular weight is 985 g/mol. The highest BCUT2D eigenvalue weighted by Gasteiger charge is 2.25. The van der Waals surface area contributed by atoms with E-state index < -0.39 is 23.5 Å². The summed E-state index contributed by atoms with van der Waals surface area (Å²) in [6.07, 6.45) is 4.26. The Morgan fingerprint density at radius 1 is 0.351 bits per heavy atom. The van der Waals surface area contributed by atoms with E-state index in [4.69, 9.17) is 18.9 Å². The Morgan fingerprint density at radius 2 is 0.595 bits per heavy atom. The van der Waals surface area contributed by atoms with Crippen molar-refractivity contribution in [2.24, 2.45) is 0 Å². The highest BCUT2D eigenvalue weighted by molar-refractivity contribution is 5.82. The van der Waals surface area contributed by atoms with Crippen LogP contribution in [0.1, 0.15) is 91.2 Å². The molecule has 0 spiro atoms.